The summed E-state index contributed by atoms with van der Waals surface area (Å²) < 4.78 is 13.1. The van der Waals surface area contributed by atoms with Crippen molar-refractivity contribution in [1.29, 1.82) is 0 Å². The van der Waals surface area contributed by atoms with Gasteiger partial charge >= 0.3 is 0 Å². The Kier molecular flexibility index (Phi) is 4.28. The molecule has 0 amide bonds. The Bertz CT molecular complexity index is 1160. The van der Waals surface area contributed by atoms with Gasteiger partial charge in [-0.25, -0.2) is 9.67 Å². The summed E-state index contributed by atoms with van der Waals surface area (Å²) in [4.78, 5) is 5.06. The van der Waals surface area contributed by atoms with Crippen LogP contribution in [0.3, 0.4) is 0 Å². The van der Waals surface area contributed by atoms with Gasteiger partial charge in [0, 0.05) is 12.0 Å². The van der Waals surface area contributed by atoms with Crippen molar-refractivity contribution in [2.24, 2.45) is 4.99 Å². The van der Waals surface area contributed by atoms with Gasteiger partial charge in [-0.3, -0.25) is 0 Å². The molecule has 5 heteroatoms. The van der Waals surface area contributed by atoms with E-state index < -0.39 is 0 Å². The number of hydrogen-bond acceptors (Lipinski definition) is 4. The summed E-state index contributed by atoms with van der Waals surface area (Å²) in [5, 5.41) is 4.85. The molecule has 29 heavy (non-hydrogen) atoms. The van der Waals surface area contributed by atoms with Gasteiger partial charge in [0.05, 0.1) is 24.8 Å². The van der Waals surface area contributed by atoms with E-state index >= 15 is 0 Å². The van der Waals surface area contributed by atoms with Crippen LogP contribution in [0.5, 0.6) is 5.75 Å². The molecular formula is C24H21N3O2. The molecule has 2 aromatic heterocycles. The van der Waals surface area contributed by atoms with Crippen molar-refractivity contribution in [2.75, 3.05) is 7.11 Å². The van der Waals surface area contributed by atoms with Gasteiger partial charge in [0.2, 0.25) is 0 Å². The van der Waals surface area contributed by atoms with Crippen molar-refractivity contribution in [3.63, 3.8) is 0 Å². The summed E-state index contributed by atoms with van der Waals surface area (Å²) in [6.45, 7) is 2.03. The van der Waals surface area contributed by atoms with Crippen molar-refractivity contribution < 1.29 is 9.15 Å². The second-order valence-electron chi connectivity index (χ2n) is 7.12. The van der Waals surface area contributed by atoms with Crippen LogP contribution in [-0.4, -0.2) is 22.6 Å². The summed E-state index contributed by atoms with van der Waals surface area (Å²) in [6, 6.07) is 22.2. The maximum absolute atomic E-state index is 5.77. The van der Waals surface area contributed by atoms with Crippen LogP contribution in [0.4, 0.5) is 5.82 Å². The van der Waals surface area contributed by atoms with Gasteiger partial charge in [-0.05, 0) is 42.3 Å². The van der Waals surface area contributed by atoms with Gasteiger partial charge in [0.1, 0.15) is 17.6 Å². The van der Waals surface area contributed by atoms with Crippen LogP contribution in [0.2, 0.25) is 0 Å². The molecule has 0 radical (unpaired) electrons. The fourth-order valence-corrected chi connectivity index (χ4v) is 3.91. The molecule has 0 fully saturated rings. The Labute approximate surface area is 169 Å². The van der Waals surface area contributed by atoms with E-state index in [1.807, 2.05) is 54.1 Å². The fourth-order valence-electron chi connectivity index (χ4n) is 3.91. The van der Waals surface area contributed by atoms with Crippen molar-refractivity contribution in [1.82, 2.24) is 9.78 Å². The molecule has 5 rings (SSSR count). The van der Waals surface area contributed by atoms with Gasteiger partial charge in [-0.15, -0.1) is 0 Å². The number of benzene rings is 2. The third-order valence-corrected chi connectivity index (χ3v) is 5.34. The second-order valence-corrected chi connectivity index (χ2v) is 7.12. The first-order valence-corrected chi connectivity index (χ1v) is 9.64. The van der Waals surface area contributed by atoms with Crippen LogP contribution in [0.15, 0.2) is 82.4 Å². The minimum Gasteiger partial charge on any atom is -0.497 e. The number of aryl methyl sites for hydroxylation is 1. The number of rotatable bonds is 4. The van der Waals surface area contributed by atoms with Crippen LogP contribution in [0, 0.1) is 6.92 Å². The Hall–Kier alpha value is -3.60. The van der Waals surface area contributed by atoms with Crippen molar-refractivity contribution in [3.05, 3.63) is 90.0 Å². The first kappa shape index (κ1) is 17.5. The molecule has 2 aromatic carbocycles. The molecule has 0 N–H and O–H groups in total. The molecule has 0 aliphatic carbocycles. The summed E-state index contributed by atoms with van der Waals surface area (Å²) in [5.41, 5.74) is 5.21. The molecule has 0 saturated carbocycles. The fraction of sp³-hybridized carbons (Fsp3) is 0.167. The molecule has 3 heterocycles. The molecule has 1 aliphatic heterocycles. The van der Waals surface area contributed by atoms with E-state index in [1.54, 1.807) is 13.4 Å². The van der Waals surface area contributed by atoms with E-state index in [0.29, 0.717) is 0 Å². The largest absolute Gasteiger partial charge is 0.497 e. The number of hydrogen-bond donors (Lipinski definition) is 0. The highest BCUT2D eigenvalue weighted by atomic mass is 16.5. The predicted molar refractivity (Wildman–Crippen MR) is 113 cm³/mol. The minimum absolute atomic E-state index is 0.0293. The predicted octanol–water partition coefficient (Wildman–Crippen LogP) is 5.57. The Morgan fingerprint density at radius 2 is 1.76 bits per heavy atom. The second kappa shape index (κ2) is 7.09. The number of fused-ring (bicyclic) bond motifs is 1. The number of nitrogens with zero attached hydrogens (tertiary/aromatic N) is 3. The van der Waals surface area contributed by atoms with Crippen molar-refractivity contribution in [2.45, 2.75) is 19.4 Å². The number of ether oxygens (including phenoxy) is 1. The molecule has 5 nitrogen and oxygen atoms in total. The zero-order valence-electron chi connectivity index (χ0n) is 16.4. The summed E-state index contributed by atoms with van der Waals surface area (Å²) >= 11 is 0. The van der Waals surface area contributed by atoms with Crippen LogP contribution in [0.25, 0.3) is 11.1 Å². The van der Waals surface area contributed by atoms with Gasteiger partial charge in [-0.2, -0.15) is 5.10 Å². The van der Waals surface area contributed by atoms with Gasteiger partial charge in [0.25, 0.3) is 0 Å². The molecule has 0 bridgehead atoms. The Morgan fingerprint density at radius 3 is 2.45 bits per heavy atom. The average Bonchev–Trinajstić information content (AvgIpc) is 3.41. The van der Waals surface area contributed by atoms with Crippen LogP contribution < -0.4 is 4.74 Å². The average molecular weight is 383 g/mol. The summed E-state index contributed by atoms with van der Waals surface area (Å²) in [5.74, 6) is 2.58. The number of methoxy groups -OCH3 is 1. The lowest BCUT2D eigenvalue weighted by Crippen LogP contribution is -2.20. The molecule has 0 unspecified atom stereocenters. The van der Waals surface area contributed by atoms with E-state index in [9.17, 15) is 0 Å². The lowest BCUT2D eigenvalue weighted by atomic mass is 9.98. The number of furan rings is 1. The summed E-state index contributed by atoms with van der Waals surface area (Å²) in [7, 11) is 1.67. The maximum Gasteiger partial charge on any atom is 0.159 e. The third kappa shape index (κ3) is 3.05. The first-order chi connectivity index (χ1) is 14.2. The SMILES string of the molecule is COc1ccc(-c2c(C)nn3c2N=C(c2ccccc2)C[C@@H]3c2ccco2)cc1. The highest BCUT2D eigenvalue weighted by Crippen LogP contribution is 2.42. The quantitative estimate of drug-likeness (QED) is 0.463. The molecule has 144 valence electrons. The molecule has 0 spiro atoms. The van der Waals surface area contributed by atoms with Gasteiger partial charge in [-0.1, -0.05) is 42.5 Å². The summed E-state index contributed by atoms with van der Waals surface area (Å²) in [6.07, 6.45) is 2.44. The molecule has 0 saturated heterocycles. The molecule has 1 aliphatic rings. The van der Waals surface area contributed by atoms with Gasteiger partial charge < -0.3 is 9.15 Å². The standard InChI is InChI=1S/C24H21N3O2/c1-16-23(18-10-12-19(28-2)13-11-18)24-25-20(17-7-4-3-5-8-17)15-21(27(24)26-16)22-9-6-14-29-22/h3-14,21H,15H2,1-2H3/t21-/m1/s1. The lowest BCUT2D eigenvalue weighted by Gasteiger charge is -2.23. The molecule has 4 aromatic rings. The maximum atomic E-state index is 5.77. The first-order valence-electron chi connectivity index (χ1n) is 9.64. The molecule has 1 atom stereocenters. The monoisotopic (exact) mass is 383 g/mol. The Morgan fingerprint density at radius 1 is 0.966 bits per heavy atom. The van der Waals surface area contributed by atoms with Crippen molar-refractivity contribution in [3.8, 4) is 16.9 Å². The lowest BCUT2D eigenvalue weighted by molar-refractivity contribution is 0.409. The van der Waals surface area contributed by atoms with E-state index in [2.05, 4.69) is 24.3 Å². The normalized spacial score (nSPS) is 15.7. The molecular weight excluding hydrogens is 362 g/mol. The highest BCUT2D eigenvalue weighted by molar-refractivity contribution is 6.04. The van der Waals surface area contributed by atoms with Crippen LogP contribution in [0.1, 0.15) is 29.5 Å². The third-order valence-electron chi connectivity index (χ3n) is 5.34. The minimum atomic E-state index is -0.0293. The van der Waals surface area contributed by atoms with E-state index in [1.165, 1.54) is 0 Å². The van der Waals surface area contributed by atoms with Crippen LogP contribution in [-0.2, 0) is 0 Å². The topological polar surface area (TPSA) is 52.5 Å². The van der Waals surface area contributed by atoms with E-state index in [-0.39, 0.29) is 6.04 Å². The zero-order chi connectivity index (χ0) is 19.8. The number of aromatic nitrogens is 2. The zero-order valence-corrected chi connectivity index (χ0v) is 16.4. The van der Waals surface area contributed by atoms with Crippen molar-refractivity contribution >= 4 is 11.5 Å². The van der Waals surface area contributed by atoms with E-state index in [4.69, 9.17) is 19.2 Å². The van der Waals surface area contributed by atoms with Crippen LogP contribution >= 0.6 is 0 Å². The highest BCUT2D eigenvalue weighted by Gasteiger charge is 2.31. The Balaban J connectivity index is 1.70. The van der Waals surface area contributed by atoms with E-state index in [0.717, 1.165) is 51.8 Å². The van der Waals surface area contributed by atoms with Gasteiger partial charge in [0.15, 0.2) is 5.82 Å². The smallest absolute Gasteiger partial charge is 0.159 e. The number of aliphatic imine (C=N–C) groups is 1.